The van der Waals surface area contributed by atoms with Gasteiger partial charge in [-0.3, -0.25) is 9.98 Å². The Morgan fingerprint density at radius 1 is 0.226 bits per heavy atom. The molecular weight excluding hydrogens is 1160 g/mol. The van der Waals surface area contributed by atoms with Gasteiger partial charge in [0, 0.05) is 18.5 Å². The third-order valence-electron chi connectivity index (χ3n) is 15.5. The Morgan fingerprint density at radius 3 is 0.763 bits per heavy atom. The van der Waals surface area contributed by atoms with E-state index in [0.29, 0.717) is 13.2 Å². The standard InChI is InChI=1S/C79H94N6O8/c1-86-72-45-33-67(34-46-72)82-84-69-37-51-77(52-38-69)90-57-20-15-11-7-3-5-9-13-18-55-88-74-41-27-64(28-42-74)62-80-66-31-49-76(50-32-66)92-59-22-17-23-60-93-79-26-24-25-71(61-79)81-63-65-29-43-75(44-30-65)89-56-19-14-10-6-4-8-12-16-21-58-91-78-53-39-70(40-54-78)85-83-68-35-47-73(87-2)48-36-68/h24-54,61-63H,3-23,55-60H2,1-2H3. The van der Waals surface area contributed by atoms with E-state index in [1.54, 1.807) is 14.2 Å². The first-order valence-electron chi connectivity index (χ1n) is 33.6. The van der Waals surface area contributed by atoms with Gasteiger partial charge in [0.2, 0.25) is 0 Å². The first-order valence-corrected chi connectivity index (χ1v) is 33.6. The molecule has 0 aliphatic heterocycles. The van der Waals surface area contributed by atoms with Crippen LogP contribution in [0.3, 0.4) is 0 Å². The molecule has 0 unspecified atom stereocenters. The van der Waals surface area contributed by atoms with Crippen molar-refractivity contribution >= 4 is 46.6 Å². The molecule has 0 fully saturated rings. The fraction of sp³-hybridized carbons (Fsp3) is 0.367. The zero-order valence-electron chi connectivity index (χ0n) is 54.7. The number of hydrogen-bond donors (Lipinski definition) is 0. The Balaban J connectivity index is 0.562. The SMILES string of the molecule is COc1ccc(N=Nc2ccc(OCCCCCCCCCCCOc3ccc(C=Nc4ccc(OCCCCCOc5cccc(N=Cc6ccc(OCCCCCCCCCCCOc7ccc(N=Nc8ccc(OC)cc8)cc7)cc6)c5)cc4)cc3)cc2)cc1. The summed E-state index contributed by atoms with van der Waals surface area (Å²) in [6.45, 7) is 4.22. The molecule has 0 aromatic heterocycles. The third kappa shape index (κ3) is 28.8. The van der Waals surface area contributed by atoms with Crippen LogP contribution < -0.4 is 37.9 Å². The number of methoxy groups -OCH3 is 2. The van der Waals surface area contributed by atoms with Gasteiger partial charge in [-0.05, 0) is 238 Å². The normalized spacial score (nSPS) is 11.5. The molecule has 0 amide bonds. The summed E-state index contributed by atoms with van der Waals surface area (Å²) in [4.78, 5) is 9.38. The number of rotatable bonds is 46. The van der Waals surface area contributed by atoms with Crippen molar-refractivity contribution in [2.75, 3.05) is 53.9 Å². The van der Waals surface area contributed by atoms with Gasteiger partial charge in [0.25, 0.3) is 0 Å². The fourth-order valence-electron chi connectivity index (χ4n) is 10.0. The Morgan fingerprint density at radius 2 is 0.462 bits per heavy atom. The van der Waals surface area contributed by atoms with Crippen molar-refractivity contribution in [3.8, 4) is 46.0 Å². The number of azo groups is 2. The quantitative estimate of drug-likeness (QED) is 0.0208. The fourth-order valence-corrected chi connectivity index (χ4v) is 10.0. The molecule has 14 nitrogen and oxygen atoms in total. The first kappa shape index (κ1) is 69.6. The van der Waals surface area contributed by atoms with Crippen molar-refractivity contribution in [1.82, 2.24) is 0 Å². The maximum absolute atomic E-state index is 6.08. The molecule has 488 valence electrons. The Labute approximate surface area is 552 Å². The first-order chi connectivity index (χ1) is 46.0. The van der Waals surface area contributed by atoms with E-state index in [1.807, 2.05) is 207 Å². The van der Waals surface area contributed by atoms with Gasteiger partial charge < -0.3 is 37.9 Å². The number of hydrogen-bond acceptors (Lipinski definition) is 14. The number of unbranched alkanes of at least 4 members (excludes halogenated alkanes) is 18. The van der Waals surface area contributed by atoms with Crippen molar-refractivity contribution in [3.63, 3.8) is 0 Å². The number of nitrogens with zero attached hydrogens (tertiary/aromatic N) is 6. The molecule has 14 heteroatoms. The lowest BCUT2D eigenvalue weighted by Crippen LogP contribution is -2.00. The second kappa shape index (κ2) is 42.7. The van der Waals surface area contributed by atoms with Gasteiger partial charge in [-0.1, -0.05) is 96.0 Å². The highest BCUT2D eigenvalue weighted by Crippen LogP contribution is 2.27. The van der Waals surface area contributed by atoms with E-state index in [4.69, 9.17) is 42.9 Å². The largest absolute Gasteiger partial charge is 0.497 e. The molecule has 93 heavy (non-hydrogen) atoms. The summed E-state index contributed by atoms with van der Waals surface area (Å²) in [5.41, 5.74) is 6.91. The number of aliphatic imine (C=N–C) groups is 2. The highest BCUT2D eigenvalue weighted by atomic mass is 16.5. The van der Waals surface area contributed by atoms with Crippen LogP contribution >= 0.6 is 0 Å². The van der Waals surface area contributed by atoms with Crippen LogP contribution in [0.5, 0.6) is 46.0 Å². The maximum Gasteiger partial charge on any atom is 0.121 e. The van der Waals surface area contributed by atoms with E-state index in [9.17, 15) is 0 Å². The lowest BCUT2D eigenvalue weighted by molar-refractivity contribution is 0.279. The Hall–Kier alpha value is -9.30. The van der Waals surface area contributed by atoms with E-state index < -0.39 is 0 Å². The predicted octanol–water partition coefficient (Wildman–Crippen LogP) is 22.6. The second-order valence-electron chi connectivity index (χ2n) is 22.9. The molecule has 0 bridgehead atoms. The molecule has 8 aromatic carbocycles. The van der Waals surface area contributed by atoms with Gasteiger partial charge >= 0.3 is 0 Å². The van der Waals surface area contributed by atoms with Crippen molar-refractivity contribution in [2.24, 2.45) is 30.4 Å². The van der Waals surface area contributed by atoms with E-state index in [2.05, 4.69) is 25.4 Å². The predicted molar refractivity (Wildman–Crippen MR) is 377 cm³/mol. The molecule has 8 rings (SSSR count). The van der Waals surface area contributed by atoms with Crippen molar-refractivity contribution in [3.05, 3.63) is 205 Å². The lowest BCUT2D eigenvalue weighted by Gasteiger charge is -2.08. The maximum atomic E-state index is 6.08. The summed E-state index contributed by atoms with van der Waals surface area (Å²) < 4.78 is 46.4. The highest BCUT2D eigenvalue weighted by Gasteiger charge is 2.05. The average molecular weight is 1260 g/mol. The smallest absolute Gasteiger partial charge is 0.121 e. The molecule has 0 spiro atoms. The molecule has 0 saturated carbocycles. The molecule has 0 saturated heterocycles. The molecule has 0 heterocycles. The van der Waals surface area contributed by atoms with Gasteiger partial charge in [0.1, 0.15) is 46.0 Å². The van der Waals surface area contributed by atoms with E-state index in [-0.39, 0.29) is 0 Å². The van der Waals surface area contributed by atoms with Crippen LogP contribution in [0.4, 0.5) is 34.1 Å². The van der Waals surface area contributed by atoms with Gasteiger partial charge in [0.15, 0.2) is 0 Å². The zero-order valence-corrected chi connectivity index (χ0v) is 54.7. The Bertz CT molecular complexity index is 3400. The highest BCUT2D eigenvalue weighted by molar-refractivity contribution is 5.83. The van der Waals surface area contributed by atoms with Crippen LogP contribution in [-0.4, -0.2) is 66.3 Å². The van der Waals surface area contributed by atoms with Crippen molar-refractivity contribution in [1.29, 1.82) is 0 Å². The van der Waals surface area contributed by atoms with Crippen LogP contribution in [0.2, 0.25) is 0 Å². The zero-order chi connectivity index (χ0) is 64.3. The van der Waals surface area contributed by atoms with Crippen LogP contribution in [0.1, 0.15) is 146 Å². The van der Waals surface area contributed by atoms with Gasteiger partial charge in [-0.2, -0.15) is 20.5 Å². The second-order valence-corrected chi connectivity index (χ2v) is 22.9. The minimum atomic E-state index is 0.639. The molecule has 0 aliphatic carbocycles. The van der Waals surface area contributed by atoms with E-state index in [0.717, 1.165) is 163 Å². The molecule has 0 radical (unpaired) electrons. The van der Waals surface area contributed by atoms with Crippen LogP contribution in [0.25, 0.3) is 0 Å². The number of ether oxygens (including phenoxy) is 8. The number of benzene rings is 8. The molecular formula is C79H94N6O8. The van der Waals surface area contributed by atoms with Gasteiger partial charge in [-0.15, -0.1) is 0 Å². The minimum Gasteiger partial charge on any atom is -0.497 e. The Kier molecular flexibility index (Phi) is 31.9. The summed E-state index contributed by atoms with van der Waals surface area (Å²) in [6, 6.07) is 62.6. The summed E-state index contributed by atoms with van der Waals surface area (Å²) in [7, 11) is 3.30. The van der Waals surface area contributed by atoms with Crippen LogP contribution in [0, 0.1) is 0 Å². The third-order valence-corrected chi connectivity index (χ3v) is 15.5. The summed E-state index contributed by atoms with van der Waals surface area (Å²) in [6.07, 6.45) is 28.3. The van der Waals surface area contributed by atoms with Crippen molar-refractivity contribution < 1.29 is 37.9 Å². The molecule has 0 N–H and O–H groups in total. The van der Waals surface area contributed by atoms with Gasteiger partial charge in [-0.25, -0.2) is 0 Å². The topological polar surface area (TPSA) is 148 Å². The molecule has 8 aromatic rings. The summed E-state index contributed by atoms with van der Waals surface area (Å²) in [5.74, 6) is 6.77. The van der Waals surface area contributed by atoms with Crippen LogP contribution in [-0.2, 0) is 0 Å². The minimum absolute atomic E-state index is 0.639. The molecule has 0 atom stereocenters. The molecule has 0 aliphatic rings. The monoisotopic (exact) mass is 1250 g/mol. The van der Waals surface area contributed by atoms with Crippen LogP contribution in [0.15, 0.2) is 225 Å². The summed E-state index contributed by atoms with van der Waals surface area (Å²) in [5, 5.41) is 17.2. The summed E-state index contributed by atoms with van der Waals surface area (Å²) >= 11 is 0. The van der Waals surface area contributed by atoms with E-state index >= 15 is 0 Å². The average Bonchev–Trinajstić information content (AvgIpc) is 3.38. The van der Waals surface area contributed by atoms with E-state index in [1.165, 1.54) is 89.9 Å². The van der Waals surface area contributed by atoms with Crippen molar-refractivity contribution in [2.45, 2.75) is 135 Å². The van der Waals surface area contributed by atoms with Gasteiger partial charge in [0.05, 0.1) is 88.0 Å². The lowest BCUT2D eigenvalue weighted by atomic mass is 10.1.